The summed E-state index contributed by atoms with van der Waals surface area (Å²) in [6.07, 6.45) is 31.9. The lowest BCUT2D eigenvalue weighted by atomic mass is 10.0. The van der Waals surface area contributed by atoms with Crippen molar-refractivity contribution in [3.05, 3.63) is 0 Å². The van der Waals surface area contributed by atoms with E-state index in [2.05, 4.69) is 37.0 Å². The first-order chi connectivity index (χ1) is 16.3. The van der Waals surface area contributed by atoms with Crippen molar-refractivity contribution in [2.24, 2.45) is 4.99 Å². The van der Waals surface area contributed by atoms with Crippen molar-refractivity contribution in [1.82, 2.24) is 4.31 Å². The molecule has 1 saturated carbocycles. The molecule has 0 N–H and O–H groups in total. The smallest absolute Gasteiger partial charge is 0.109 e. The van der Waals surface area contributed by atoms with Crippen molar-refractivity contribution in [1.29, 1.82) is 0 Å². The Bertz CT molecular complexity index is 431. The van der Waals surface area contributed by atoms with Crippen molar-refractivity contribution in [3.8, 4) is 0 Å². The molecule has 2 nitrogen and oxygen atoms in total. The minimum Gasteiger partial charge on any atom is -0.304 e. The molecule has 0 heterocycles. The summed E-state index contributed by atoms with van der Waals surface area (Å²) in [5.41, 5.74) is 0. The van der Waals surface area contributed by atoms with Gasteiger partial charge >= 0.3 is 0 Å². The Hall–Kier alpha value is -0.180. The van der Waals surface area contributed by atoms with Crippen molar-refractivity contribution < 1.29 is 0 Å². The zero-order valence-electron chi connectivity index (χ0n) is 23.1. The Labute approximate surface area is 213 Å². The molecule has 196 valence electrons. The molecule has 0 unspecified atom stereocenters. The quantitative estimate of drug-likeness (QED) is 0.0662. The molecule has 0 aliphatic heterocycles. The van der Waals surface area contributed by atoms with Crippen LogP contribution in [0.5, 0.6) is 0 Å². The number of rotatable bonds is 22. The van der Waals surface area contributed by atoms with Gasteiger partial charge in [-0.05, 0) is 44.1 Å². The predicted molar refractivity (Wildman–Crippen MR) is 154 cm³/mol. The van der Waals surface area contributed by atoms with Crippen LogP contribution in [0.3, 0.4) is 0 Å². The summed E-state index contributed by atoms with van der Waals surface area (Å²) in [7, 11) is 0. The minimum atomic E-state index is 0.831. The predicted octanol–water partition coefficient (Wildman–Crippen LogP) is 10.7. The van der Waals surface area contributed by atoms with Crippen LogP contribution < -0.4 is 0 Å². The topological polar surface area (TPSA) is 15.6 Å². The first-order valence-electron chi connectivity index (χ1n) is 15.3. The van der Waals surface area contributed by atoms with E-state index >= 15 is 0 Å². The molecule has 0 saturated heterocycles. The van der Waals surface area contributed by atoms with Crippen LogP contribution in [-0.4, -0.2) is 28.5 Å². The lowest BCUT2D eigenvalue weighted by Gasteiger charge is -2.31. The molecule has 33 heavy (non-hydrogen) atoms. The molecule has 0 aromatic rings. The number of hydrogen-bond donors (Lipinski definition) is 0. The SMILES string of the molecule is CCCCCCCCCCN=C(CCC)N(CCCCCCCCCC)SC1CCCCC1. The summed E-state index contributed by atoms with van der Waals surface area (Å²) < 4.78 is 2.67. The highest BCUT2D eigenvalue weighted by Gasteiger charge is 2.20. The summed E-state index contributed by atoms with van der Waals surface area (Å²) in [6, 6.07) is 0. The Morgan fingerprint density at radius 1 is 0.636 bits per heavy atom. The average molecular weight is 481 g/mol. The van der Waals surface area contributed by atoms with Crippen LogP contribution >= 0.6 is 11.9 Å². The summed E-state index contributed by atoms with van der Waals surface area (Å²) in [5.74, 6) is 1.42. The fraction of sp³-hybridized carbons (Fsp3) is 0.967. The molecule has 1 aliphatic carbocycles. The van der Waals surface area contributed by atoms with Gasteiger partial charge in [-0.1, -0.05) is 130 Å². The molecule has 0 atom stereocenters. The standard InChI is InChI=1S/C30H60N2S/c1-4-7-9-11-13-15-17-22-27-31-30(24-6-3)32(33-29-25-20-19-21-26-29)28-23-18-16-14-12-10-8-5-2/h29H,4-28H2,1-3H3. The maximum Gasteiger partial charge on any atom is 0.109 e. The first-order valence-corrected chi connectivity index (χ1v) is 16.1. The Morgan fingerprint density at radius 2 is 1.15 bits per heavy atom. The van der Waals surface area contributed by atoms with E-state index in [0.29, 0.717) is 0 Å². The second-order valence-corrected chi connectivity index (χ2v) is 11.8. The van der Waals surface area contributed by atoms with Crippen molar-refractivity contribution in [3.63, 3.8) is 0 Å². The molecule has 1 aliphatic rings. The van der Waals surface area contributed by atoms with Crippen LogP contribution in [0.4, 0.5) is 0 Å². The summed E-state index contributed by atoms with van der Waals surface area (Å²) in [5, 5.41) is 0.831. The normalized spacial score (nSPS) is 15.3. The zero-order chi connectivity index (χ0) is 23.8. The minimum absolute atomic E-state index is 0.831. The van der Waals surface area contributed by atoms with Crippen LogP contribution in [-0.2, 0) is 0 Å². The highest BCUT2D eigenvalue weighted by Crippen LogP contribution is 2.32. The van der Waals surface area contributed by atoms with Gasteiger partial charge in [-0.25, -0.2) is 0 Å². The Balaban J connectivity index is 2.43. The van der Waals surface area contributed by atoms with E-state index in [1.54, 1.807) is 0 Å². The van der Waals surface area contributed by atoms with Crippen LogP contribution in [0.15, 0.2) is 4.99 Å². The second-order valence-electron chi connectivity index (χ2n) is 10.5. The first kappa shape index (κ1) is 30.9. The number of unbranched alkanes of at least 4 members (excludes halogenated alkanes) is 14. The van der Waals surface area contributed by atoms with Gasteiger partial charge in [0.05, 0.1) is 0 Å². The van der Waals surface area contributed by atoms with Crippen molar-refractivity contribution >= 4 is 17.8 Å². The van der Waals surface area contributed by atoms with E-state index in [0.717, 1.165) is 18.2 Å². The molecule has 0 spiro atoms. The summed E-state index contributed by atoms with van der Waals surface area (Å²) in [6.45, 7) is 9.19. The van der Waals surface area contributed by atoms with E-state index < -0.39 is 0 Å². The third-order valence-electron chi connectivity index (χ3n) is 7.11. The molecule has 0 amide bonds. The fourth-order valence-electron chi connectivity index (χ4n) is 4.94. The molecule has 0 bridgehead atoms. The third kappa shape index (κ3) is 17.8. The van der Waals surface area contributed by atoms with Gasteiger partial charge < -0.3 is 4.31 Å². The maximum atomic E-state index is 5.20. The van der Waals surface area contributed by atoms with Crippen LogP contribution in [0.2, 0.25) is 0 Å². The van der Waals surface area contributed by atoms with Crippen LogP contribution in [0.1, 0.15) is 168 Å². The molecule has 0 radical (unpaired) electrons. The average Bonchev–Trinajstić information content (AvgIpc) is 2.84. The van der Waals surface area contributed by atoms with Crippen LogP contribution in [0, 0.1) is 0 Å². The summed E-state index contributed by atoms with van der Waals surface area (Å²) in [4.78, 5) is 5.20. The molecule has 3 heteroatoms. The number of amidine groups is 1. The molecule has 0 aromatic heterocycles. The number of nitrogens with zero attached hydrogens (tertiary/aromatic N) is 2. The van der Waals surface area contributed by atoms with Crippen molar-refractivity contribution in [2.75, 3.05) is 13.1 Å². The highest BCUT2D eigenvalue weighted by molar-refractivity contribution is 7.98. The fourth-order valence-corrected chi connectivity index (χ4v) is 6.35. The highest BCUT2D eigenvalue weighted by atomic mass is 32.2. The zero-order valence-corrected chi connectivity index (χ0v) is 23.9. The van der Waals surface area contributed by atoms with Crippen molar-refractivity contribution in [2.45, 2.75) is 174 Å². The van der Waals surface area contributed by atoms with E-state index in [1.165, 1.54) is 154 Å². The van der Waals surface area contributed by atoms with Gasteiger partial charge in [-0.2, -0.15) is 0 Å². The molecule has 1 fully saturated rings. The lowest BCUT2D eigenvalue weighted by Crippen LogP contribution is -2.29. The van der Waals surface area contributed by atoms with E-state index in [4.69, 9.17) is 4.99 Å². The lowest BCUT2D eigenvalue weighted by molar-refractivity contribution is 0.499. The monoisotopic (exact) mass is 480 g/mol. The molecule has 1 rings (SSSR count). The molecule has 0 aromatic carbocycles. The second kappa shape index (κ2) is 23.6. The molecular formula is C30H60N2S. The van der Waals surface area contributed by atoms with Gasteiger partial charge in [-0.15, -0.1) is 0 Å². The van der Waals surface area contributed by atoms with Gasteiger partial charge in [0.2, 0.25) is 0 Å². The van der Waals surface area contributed by atoms with Gasteiger partial charge in [0.25, 0.3) is 0 Å². The Kier molecular flexibility index (Phi) is 22.0. The van der Waals surface area contributed by atoms with E-state index in [-0.39, 0.29) is 0 Å². The Morgan fingerprint density at radius 3 is 1.70 bits per heavy atom. The van der Waals surface area contributed by atoms with E-state index in [9.17, 15) is 0 Å². The molecular weight excluding hydrogens is 420 g/mol. The van der Waals surface area contributed by atoms with Gasteiger partial charge in [0, 0.05) is 24.8 Å². The van der Waals surface area contributed by atoms with Gasteiger partial charge in [0.15, 0.2) is 0 Å². The van der Waals surface area contributed by atoms with Gasteiger partial charge in [0.1, 0.15) is 5.84 Å². The summed E-state index contributed by atoms with van der Waals surface area (Å²) >= 11 is 2.17. The number of aliphatic imine (C=N–C) groups is 1. The largest absolute Gasteiger partial charge is 0.304 e. The van der Waals surface area contributed by atoms with E-state index in [1.807, 2.05) is 0 Å². The van der Waals surface area contributed by atoms with Crippen LogP contribution in [0.25, 0.3) is 0 Å². The third-order valence-corrected chi connectivity index (χ3v) is 8.53. The maximum absolute atomic E-state index is 5.20. The van der Waals surface area contributed by atoms with Gasteiger partial charge in [-0.3, -0.25) is 4.99 Å². The number of hydrogen-bond acceptors (Lipinski definition) is 2.